The first kappa shape index (κ1) is 21.3. The van der Waals surface area contributed by atoms with Crippen LogP contribution in [-0.2, 0) is 10.2 Å². The fourth-order valence-corrected chi connectivity index (χ4v) is 4.36. The summed E-state index contributed by atoms with van der Waals surface area (Å²) in [5.74, 6) is 0.103. The molecule has 152 valence electrons. The van der Waals surface area contributed by atoms with Gasteiger partial charge < -0.3 is 0 Å². The second kappa shape index (κ2) is 7.44. The minimum atomic E-state index is -0.414. The van der Waals surface area contributed by atoms with Crippen molar-refractivity contribution in [1.29, 1.82) is 0 Å². The summed E-state index contributed by atoms with van der Waals surface area (Å²) >= 11 is 0. The second-order valence-corrected chi connectivity index (χ2v) is 10.5. The lowest BCUT2D eigenvalue weighted by atomic mass is 9.56. The standard InChI is InChI=1S/C28H34O/c1-26(2,3)23-18-21(20-14-10-8-11-15-20)19-28(7,22-16-12-9-13-17-22)24(23)25(29)27(4,5)6/h8-19,24H,1-7H3/t24-,28-/m1/s1. The molecule has 0 bridgehead atoms. The predicted molar refractivity (Wildman–Crippen MR) is 124 cm³/mol. The molecule has 0 fully saturated rings. The third-order valence-electron chi connectivity index (χ3n) is 6.05. The predicted octanol–water partition coefficient (Wildman–Crippen LogP) is 7.25. The van der Waals surface area contributed by atoms with E-state index in [0.717, 1.165) is 0 Å². The number of benzene rings is 2. The largest absolute Gasteiger partial charge is 0.298 e. The Balaban J connectivity index is 2.32. The molecule has 0 saturated carbocycles. The van der Waals surface area contributed by atoms with Crippen LogP contribution in [0.15, 0.2) is 78.4 Å². The minimum absolute atomic E-state index is 0.115. The Labute approximate surface area is 176 Å². The maximum Gasteiger partial charge on any atom is 0.146 e. The highest BCUT2D eigenvalue weighted by molar-refractivity contribution is 5.93. The van der Waals surface area contributed by atoms with E-state index in [1.54, 1.807) is 0 Å². The van der Waals surface area contributed by atoms with Crippen LogP contribution in [0.3, 0.4) is 0 Å². The molecule has 0 saturated heterocycles. The first-order valence-corrected chi connectivity index (χ1v) is 10.5. The van der Waals surface area contributed by atoms with Gasteiger partial charge in [-0.1, -0.05) is 127 Å². The number of ketones is 1. The van der Waals surface area contributed by atoms with Gasteiger partial charge in [0, 0.05) is 10.8 Å². The average molecular weight is 387 g/mol. The van der Waals surface area contributed by atoms with E-state index in [9.17, 15) is 4.79 Å². The molecule has 0 aliphatic heterocycles. The number of rotatable bonds is 3. The van der Waals surface area contributed by atoms with Crippen molar-refractivity contribution >= 4 is 11.4 Å². The van der Waals surface area contributed by atoms with Crippen LogP contribution in [0.25, 0.3) is 5.57 Å². The van der Waals surface area contributed by atoms with E-state index in [2.05, 4.69) is 88.4 Å². The Bertz CT molecular complexity index is 933. The summed E-state index contributed by atoms with van der Waals surface area (Å²) < 4.78 is 0. The van der Waals surface area contributed by atoms with E-state index < -0.39 is 10.8 Å². The lowest BCUT2D eigenvalue weighted by Crippen LogP contribution is -2.46. The quantitative estimate of drug-likeness (QED) is 0.543. The van der Waals surface area contributed by atoms with Gasteiger partial charge in [0.15, 0.2) is 0 Å². The van der Waals surface area contributed by atoms with Gasteiger partial charge in [0.2, 0.25) is 0 Å². The van der Waals surface area contributed by atoms with E-state index in [1.165, 1.54) is 22.3 Å². The average Bonchev–Trinajstić information content (AvgIpc) is 2.67. The molecule has 2 atom stereocenters. The molecule has 29 heavy (non-hydrogen) atoms. The lowest BCUT2D eigenvalue weighted by molar-refractivity contribution is -0.131. The molecule has 1 aliphatic rings. The van der Waals surface area contributed by atoms with Crippen molar-refractivity contribution in [2.45, 2.75) is 53.9 Å². The number of Topliss-reactive ketones (excluding diaryl/α,β-unsaturated/α-hetero) is 1. The molecule has 0 amide bonds. The van der Waals surface area contributed by atoms with Crippen LogP contribution in [0, 0.1) is 16.7 Å². The number of carbonyl (C=O) groups is 1. The van der Waals surface area contributed by atoms with Gasteiger partial charge in [0.05, 0.1) is 5.92 Å². The van der Waals surface area contributed by atoms with E-state index in [4.69, 9.17) is 0 Å². The van der Waals surface area contributed by atoms with Gasteiger partial charge in [-0.15, -0.1) is 0 Å². The van der Waals surface area contributed by atoms with Crippen LogP contribution in [-0.4, -0.2) is 5.78 Å². The summed E-state index contributed by atoms with van der Waals surface area (Å²) in [7, 11) is 0. The smallest absolute Gasteiger partial charge is 0.146 e. The topological polar surface area (TPSA) is 17.1 Å². The van der Waals surface area contributed by atoms with Crippen LogP contribution in [0.1, 0.15) is 59.6 Å². The molecular formula is C28H34O. The van der Waals surface area contributed by atoms with Gasteiger partial charge in [-0.3, -0.25) is 4.79 Å². The highest BCUT2D eigenvalue weighted by atomic mass is 16.1. The lowest BCUT2D eigenvalue weighted by Gasteiger charge is -2.46. The Morgan fingerprint density at radius 3 is 1.83 bits per heavy atom. The van der Waals surface area contributed by atoms with Crippen LogP contribution in [0.4, 0.5) is 0 Å². The van der Waals surface area contributed by atoms with E-state index in [-0.39, 0.29) is 11.3 Å². The van der Waals surface area contributed by atoms with Gasteiger partial charge >= 0.3 is 0 Å². The maximum absolute atomic E-state index is 13.8. The summed E-state index contributed by atoms with van der Waals surface area (Å²) in [6.45, 7) is 15.0. The molecule has 0 spiro atoms. The number of carbonyl (C=O) groups excluding carboxylic acids is 1. The van der Waals surface area contributed by atoms with Crippen molar-refractivity contribution in [3.8, 4) is 0 Å². The summed E-state index contributed by atoms with van der Waals surface area (Å²) in [5.41, 5.74) is 3.85. The number of hydrogen-bond acceptors (Lipinski definition) is 1. The third-order valence-corrected chi connectivity index (χ3v) is 6.05. The molecule has 1 aliphatic carbocycles. The van der Waals surface area contributed by atoms with E-state index in [0.29, 0.717) is 5.78 Å². The van der Waals surface area contributed by atoms with Gasteiger partial charge in [0.1, 0.15) is 5.78 Å². The van der Waals surface area contributed by atoms with Gasteiger partial charge in [0.25, 0.3) is 0 Å². The molecule has 3 rings (SSSR count). The van der Waals surface area contributed by atoms with Crippen molar-refractivity contribution in [2.75, 3.05) is 0 Å². The first-order valence-electron chi connectivity index (χ1n) is 10.5. The van der Waals surface area contributed by atoms with Crippen LogP contribution < -0.4 is 0 Å². The third kappa shape index (κ3) is 4.15. The monoisotopic (exact) mass is 386 g/mol. The van der Waals surface area contributed by atoms with Crippen LogP contribution >= 0.6 is 0 Å². The van der Waals surface area contributed by atoms with Crippen molar-refractivity contribution < 1.29 is 4.79 Å². The zero-order valence-electron chi connectivity index (χ0n) is 18.9. The molecule has 0 unspecified atom stereocenters. The molecule has 2 aromatic carbocycles. The summed E-state index contributed by atoms with van der Waals surface area (Å²) in [5, 5.41) is 0. The molecule has 0 aromatic heterocycles. The molecular weight excluding hydrogens is 352 g/mol. The van der Waals surface area contributed by atoms with Crippen molar-refractivity contribution in [3.05, 3.63) is 89.5 Å². The van der Waals surface area contributed by atoms with Crippen molar-refractivity contribution in [2.24, 2.45) is 16.7 Å². The SMILES string of the molecule is CC(C)(C)C(=O)[C@H]1C(C(C)(C)C)=CC(c2ccccc2)=C[C@]1(C)c1ccccc1. The van der Waals surface area contributed by atoms with Crippen molar-refractivity contribution in [1.82, 2.24) is 0 Å². The molecule has 2 aromatic rings. The zero-order chi connectivity index (χ0) is 21.4. The van der Waals surface area contributed by atoms with Gasteiger partial charge in [-0.05, 0) is 22.1 Å². The van der Waals surface area contributed by atoms with Gasteiger partial charge in [-0.25, -0.2) is 0 Å². The Hall–Kier alpha value is -2.41. The zero-order valence-corrected chi connectivity index (χ0v) is 18.9. The fraction of sp³-hybridized carbons (Fsp3) is 0.393. The summed E-state index contributed by atoms with van der Waals surface area (Å²) in [4.78, 5) is 13.8. The van der Waals surface area contributed by atoms with E-state index in [1.807, 2.05) is 32.9 Å². The van der Waals surface area contributed by atoms with Gasteiger partial charge in [-0.2, -0.15) is 0 Å². The molecule has 0 heterocycles. The minimum Gasteiger partial charge on any atom is -0.298 e. The summed E-state index contributed by atoms with van der Waals surface area (Å²) in [6.07, 6.45) is 4.59. The first-order chi connectivity index (χ1) is 13.4. The summed E-state index contributed by atoms with van der Waals surface area (Å²) in [6, 6.07) is 21.0. The van der Waals surface area contributed by atoms with E-state index >= 15 is 0 Å². The number of allylic oxidation sites excluding steroid dienone is 4. The number of hydrogen-bond donors (Lipinski definition) is 0. The van der Waals surface area contributed by atoms with Crippen LogP contribution in [0.2, 0.25) is 0 Å². The Morgan fingerprint density at radius 1 is 0.828 bits per heavy atom. The molecule has 1 heteroatoms. The molecule has 1 nitrogen and oxygen atoms in total. The highest BCUT2D eigenvalue weighted by Crippen LogP contribution is 2.51. The maximum atomic E-state index is 13.8. The molecule has 0 radical (unpaired) electrons. The Kier molecular flexibility index (Phi) is 5.47. The van der Waals surface area contributed by atoms with Crippen LogP contribution in [0.5, 0.6) is 0 Å². The normalized spacial score (nSPS) is 22.7. The Morgan fingerprint density at radius 2 is 1.34 bits per heavy atom. The van der Waals surface area contributed by atoms with Crippen molar-refractivity contribution in [3.63, 3.8) is 0 Å². The molecule has 0 N–H and O–H groups in total. The fourth-order valence-electron chi connectivity index (χ4n) is 4.36. The second-order valence-electron chi connectivity index (χ2n) is 10.5. The highest BCUT2D eigenvalue weighted by Gasteiger charge is 2.48.